The highest BCUT2D eigenvalue weighted by Gasteiger charge is 2.03. The molecule has 1 aromatic carbocycles. The third-order valence-corrected chi connectivity index (χ3v) is 2.44. The molecule has 0 aliphatic rings. The molecule has 0 fully saturated rings. The highest BCUT2D eigenvalue weighted by molar-refractivity contribution is 5.15. The summed E-state index contributed by atoms with van der Waals surface area (Å²) in [6.45, 7) is 0.116. The smallest absolute Gasteiger partial charge is 0.194 e. The summed E-state index contributed by atoms with van der Waals surface area (Å²) in [5.41, 5.74) is 2.11. The average Bonchev–Trinajstić information content (AvgIpc) is 2.76. The maximum atomic E-state index is 8.76. The van der Waals surface area contributed by atoms with Crippen molar-refractivity contribution < 1.29 is 9.52 Å². The van der Waals surface area contributed by atoms with E-state index in [4.69, 9.17) is 9.52 Å². The molecule has 1 aromatic heterocycles. The lowest BCUT2D eigenvalue weighted by Crippen LogP contribution is -1.94. The molecule has 1 N–H and O–H groups in total. The minimum absolute atomic E-state index is 0.116. The third-order valence-electron chi connectivity index (χ3n) is 2.44. The van der Waals surface area contributed by atoms with Crippen LogP contribution in [0, 0.1) is 0 Å². The Kier molecular flexibility index (Phi) is 3.72. The second-order valence-electron chi connectivity index (χ2n) is 3.69. The molecule has 16 heavy (non-hydrogen) atoms. The maximum absolute atomic E-state index is 8.76. The molecule has 0 bridgehead atoms. The number of aliphatic hydroxyl groups is 1. The number of aryl methyl sites for hydroxylation is 2. The Morgan fingerprint density at radius 3 is 2.62 bits per heavy atom. The highest BCUT2D eigenvalue weighted by Crippen LogP contribution is 2.07. The van der Waals surface area contributed by atoms with Gasteiger partial charge in [-0.15, -0.1) is 0 Å². The summed E-state index contributed by atoms with van der Waals surface area (Å²) in [6, 6.07) is 10.3. The molecular weight excluding hydrogens is 202 g/mol. The van der Waals surface area contributed by atoms with Crippen molar-refractivity contribution >= 4 is 0 Å². The molecular formula is C13H15NO2. The molecule has 0 saturated carbocycles. The summed E-state index contributed by atoms with van der Waals surface area (Å²) in [7, 11) is 0. The monoisotopic (exact) mass is 217 g/mol. The number of oxazole rings is 1. The molecule has 0 aliphatic carbocycles. The van der Waals surface area contributed by atoms with Gasteiger partial charge in [-0.2, -0.15) is 0 Å². The minimum atomic E-state index is 0.116. The molecule has 0 atom stereocenters. The number of aliphatic hydroxyl groups excluding tert-OH is 1. The predicted molar refractivity (Wildman–Crippen MR) is 61.1 cm³/mol. The summed E-state index contributed by atoms with van der Waals surface area (Å²) >= 11 is 0. The topological polar surface area (TPSA) is 46.3 Å². The number of rotatable bonds is 5. The Bertz CT molecular complexity index is 423. The van der Waals surface area contributed by atoms with Crippen LogP contribution in [0.1, 0.15) is 17.1 Å². The first-order valence-electron chi connectivity index (χ1n) is 5.46. The molecule has 1 heterocycles. The fourth-order valence-electron chi connectivity index (χ4n) is 1.59. The van der Waals surface area contributed by atoms with E-state index in [1.54, 1.807) is 6.26 Å². The Hall–Kier alpha value is -1.61. The van der Waals surface area contributed by atoms with Crippen molar-refractivity contribution in [1.29, 1.82) is 0 Å². The van der Waals surface area contributed by atoms with Crippen molar-refractivity contribution in [2.45, 2.75) is 19.3 Å². The SMILES string of the molecule is OCCc1coc(CCc2ccccc2)n1. The van der Waals surface area contributed by atoms with Gasteiger partial charge in [-0.3, -0.25) is 0 Å². The first-order chi connectivity index (χ1) is 7.88. The third kappa shape index (κ3) is 2.94. The van der Waals surface area contributed by atoms with Gasteiger partial charge in [0.25, 0.3) is 0 Å². The van der Waals surface area contributed by atoms with Gasteiger partial charge in [0, 0.05) is 19.4 Å². The maximum Gasteiger partial charge on any atom is 0.194 e. The van der Waals surface area contributed by atoms with E-state index >= 15 is 0 Å². The fraction of sp³-hybridized carbons (Fsp3) is 0.308. The van der Waals surface area contributed by atoms with E-state index in [9.17, 15) is 0 Å². The van der Waals surface area contributed by atoms with Gasteiger partial charge >= 0.3 is 0 Å². The molecule has 0 saturated heterocycles. The number of hydrogen-bond acceptors (Lipinski definition) is 3. The summed E-state index contributed by atoms with van der Waals surface area (Å²) in [5.74, 6) is 0.743. The van der Waals surface area contributed by atoms with Crippen molar-refractivity contribution in [2.24, 2.45) is 0 Å². The van der Waals surface area contributed by atoms with Crippen LogP contribution in [-0.4, -0.2) is 16.7 Å². The van der Waals surface area contributed by atoms with Crippen molar-refractivity contribution in [3.8, 4) is 0 Å². The summed E-state index contributed by atoms with van der Waals surface area (Å²) < 4.78 is 5.32. The van der Waals surface area contributed by atoms with Crippen LogP contribution in [0.3, 0.4) is 0 Å². The van der Waals surface area contributed by atoms with Gasteiger partial charge in [-0.05, 0) is 12.0 Å². The van der Waals surface area contributed by atoms with Gasteiger partial charge < -0.3 is 9.52 Å². The zero-order valence-electron chi connectivity index (χ0n) is 9.10. The lowest BCUT2D eigenvalue weighted by Gasteiger charge is -1.97. The average molecular weight is 217 g/mol. The molecule has 0 radical (unpaired) electrons. The van der Waals surface area contributed by atoms with Crippen molar-refractivity contribution in [1.82, 2.24) is 4.98 Å². The fourth-order valence-corrected chi connectivity index (χ4v) is 1.59. The van der Waals surface area contributed by atoms with Gasteiger partial charge in [0.1, 0.15) is 6.26 Å². The van der Waals surface area contributed by atoms with Crippen LogP contribution in [0.25, 0.3) is 0 Å². The standard InChI is InChI=1S/C13H15NO2/c15-9-8-12-10-16-13(14-12)7-6-11-4-2-1-3-5-11/h1-5,10,15H,6-9H2. The minimum Gasteiger partial charge on any atom is -0.449 e. The summed E-state index contributed by atoms with van der Waals surface area (Å²) in [4.78, 5) is 4.29. The predicted octanol–water partition coefficient (Wildman–Crippen LogP) is 1.99. The van der Waals surface area contributed by atoms with Crippen LogP contribution in [0.2, 0.25) is 0 Å². The van der Waals surface area contributed by atoms with Crippen LogP contribution in [0.15, 0.2) is 41.0 Å². The molecule has 0 amide bonds. The van der Waals surface area contributed by atoms with Gasteiger partial charge in [-0.25, -0.2) is 4.98 Å². The molecule has 0 unspecified atom stereocenters. The Balaban J connectivity index is 1.89. The van der Waals surface area contributed by atoms with Crippen LogP contribution >= 0.6 is 0 Å². The van der Waals surface area contributed by atoms with Crippen molar-refractivity contribution in [3.63, 3.8) is 0 Å². The lowest BCUT2D eigenvalue weighted by atomic mass is 10.1. The number of hydrogen-bond donors (Lipinski definition) is 1. The van der Waals surface area contributed by atoms with E-state index in [0.29, 0.717) is 6.42 Å². The molecule has 0 aliphatic heterocycles. The van der Waals surface area contributed by atoms with E-state index in [2.05, 4.69) is 17.1 Å². The molecule has 2 aromatic rings. The van der Waals surface area contributed by atoms with Crippen molar-refractivity contribution in [3.05, 3.63) is 53.7 Å². The Labute approximate surface area is 94.8 Å². The van der Waals surface area contributed by atoms with E-state index in [1.165, 1.54) is 5.56 Å². The quantitative estimate of drug-likeness (QED) is 0.833. The zero-order chi connectivity index (χ0) is 11.2. The van der Waals surface area contributed by atoms with E-state index in [0.717, 1.165) is 24.4 Å². The van der Waals surface area contributed by atoms with Crippen LogP contribution in [-0.2, 0) is 19.3 Å². The van der Waals surface area contributed by atoms with Gasteiger partial charge in [0.05, 0.1) is 5.69 Å². The zero-order valence-corrected chi connectivity index (χ0v) is 9.10. The second-order valence-corrected chi connectivity index (χ2v) is 3.69. The highest BCUT2D eigenvalue weighted by atomic mass is 16.3. The largest absolute Gasteiger partial charge is 0.449 e. The van der Waals surface area contributed by atoms with Crippen LogP contribution in [0.4, 0.5) is 0 Å². The number of benzene rings is 1. The molecule has 3 heteroatoms. The Morgan fingerprint density at radius 1 is 1.06 bits per heavy atom. The van der Waals surface area contributed by atoms with Crippen molar-refractivity contribution in [2.75, 3.05) is 6.61 Å². The lowest BCUT2D eigenvalue weighted by molar-refractivity contribution is 0.298. The summed E-state index contributed by atoms with van der Waals surface area (Å²) in [6.07, 6.45) is 3.92. The first kappa shape index (κ1) is 10.9. The molecule has 3 nitrogen and oxygen atoms in total. The van der Waals surface area contributed by atoms with Crippen LogP contribution < -0.4 is 0 Å². The van der Waals surface area contributed by atoms with Gasteiger partial charge in [0.15, 0.2) is 5.89 Å². The number of nitrogens with zero attached hydrogens (tertiary/aromatic N) is 1. The van der Waals surface area contributed by atoms with E-state index in [-0.39, 0.29) is 6.61 Å². The molecule has 2 rings (SSSR count). The summed E-state index contributed by atoms with van der Waals surface area (Å²) in [5, 5.41) is 8.76. The van der Waals surface area contributed by atoms with Gasteiger partial charge in [0.2, 0.25) is 0 Å². The second kappa shape index (κ2) is 5.47. The first-order valence-corrected chi connectivity index (χ1v) is 5.46. The molecule has 84 valence electrons. The van der Waals surface area contributed by atoms with E-state index in [1.807, 2.05) is 18.2 Å². The normalized spacial score (nSPS) is 10.6. The Morgan fingerprint density at radius 2 is 1.88 bits per heavy atom. The van der Waals surface area contributed by atoms with E-state index < -0.39 is 0 Å². The van der Waals surface area contributed by atoms with Crippen LogP contribution in [0.5, 0.6) is 0 Å². The van der Waals surface area contributed by atoms with Gasteiger partial charge in [-0.1, -0.05) is 30.3 Å². The number of aromatic nitrogens is 1. The molecule has 0 spiro atoms.